The largest absolute Gasteiger partial charge is 0.487 e. The fourth-order valence-corrected chi connectivity index (χ4v) is 5.48. The van der Waals surface area contributed by atoms with E-state index < -0.39 is 10.0 Å². The lowest BCUT2D eigenvalue weighted by atomic mass is 10.2. The van der Waals surface area contributed by atoms with Gasteiger partial charge in [0.25, 0.3) is 0 Å². The smallest absolute Gasteiger partial charge is 0.243 e. The Morgan fingerprint density at radius 1 is 0.903 bits per heavy atom. The van der Waals surface area contributed by atoms with E-state index in [1.165, 1.54) is 23.5 Å². The van der Waals surface area contributed by atoms with Crippen LogP contribution in [0, 0.1) is 5.82 Å². The van der Waals surface area contributed by atoms with Crippen molar-refractivity contribution in [1.29, 1.82) is 0 Å². The number of rotatable bonds is 8. The molecule has 31 heavy (non-hydrogen) atoms. The van der Waals surface area contributed by atoms with Crippen molar-refractivity contribution in [2.24, 2.45) is 0 Å². The zero-order valence-corrected chi connectivity index (χ0v) is 18.5. The van der Waals surface area contributed by atoms with Gasteiger partial charge in [-0.3, -0.25) is 0 Å². The third-order valence-corrected chi connectivity index (χ3v) is 7.72. The first-order valence-corrected chi connectivity index (χ1v) is 12.4. The standard InChI is InChI=1S/C22H23FN2O4S2/c23-17-4-6-19(7-5-17)29-15-22-24-18(16-30-22)14-28-20-8-10-21(11-9-20)31(26,27)25-12-2-1-3-13-25/h4-11,16H,1-3,12-15H2. The van der Waals surface area contributed by atoms with E-state index in [2.05, 4.69) is 4.98 Å². The number of thiazole rings is 1. The molecule has 2 heterocycles. The molecule has 1 saturated heterocycles. The maximum absolute atomic E-state index is 12.9. The van der Waals surface area contributed by atoms with Gasteiger partial charge >= 0.3 is 0 Å². The van der Waals surface area contributed by atoms with Crippen molar-refractivity contribution in [3.63, 3.8) is 0 Å². The molecule has 0 bridgehead atoms. The van der Waals surface area contributed by atoms with Crippen LogP contribution < -0.4 is 9.47 Å². The monoisotopic (exact) mass is 462 g/mol. The van der Waals surface area contributed by atoms with Gasteiger partial charge in [-0.25, -0.2) is 17.8 Å². The van der Waals surface area contributed by atoms with E-state index in [0.29, 0.717) is 31.2 Å². The Morgan fingerprint density at radius 3 is 2.19 bits per heavy atom. The highest BCUT2D eigenvalue weighted by Gasteiger charge is 2.25. The fourth-order valence-electron chi connectivity index (χ4n) is 3.28. The molecule has 1 aromatic heterocycles. The van der Waals surface area contributed by atoms with Gasteiger partial charge in [0.15, 0.2) is 0 Å². The first kappa shape index (κ1) is 21.7. The molecule has 0 unspecified atom stereocenters. The van der Waals surface area contributed by atoms with Crippen LogP contribution in [-0.2, 0) is 23.2 Å². The molecule has 4 rings (SSSR count). The van der Waals surface area contributed by atoms with Crippen molar-refractivity contribution in [2.45, 2.75) is 37.4 Å². The van der Waals surface area contributed by atoms with Crippen molar-refractivity contribution in [1.82, 2.24) is 9.29 Å². The number of sulfonamides is 1. The van der Waals surface area contributed by atoms with Crippen LogP contribution in [0.15, 0.2) is 58.8 Å². The molecule has 0 atom stereocenters. The molecule has 0 aliphatic carbocycles. The summed E-state index contributed by atoms with van der Waals surface area (Å²) in [6.07, 6.45) is 2.89. The highest BCUT2D eigenvalue weighted by atomic mass is 32.2. The summed E-state index contributed by atoms with van der Waals surface area (Å²) in [5, 5.41) is 2.67. The molecule has 0 radical (unpaired) electrons. The summed E-state index contributed by atoms with van der Waals surface area (Å²) < 4.78 is 51.2. The molecular formula is C22H23FN2O4S2. The topological polar surface area (TPSA) is 68.7 Å². The number of aromatic nitrogens is 1. The minimum Gasteiger partial charge on any atom is -0.487 e. The predicted octanol–water partition coefficient (Wildman–Crippen LogP) is 4.61. The lowest BCUT2D eigenvalue weighted by Gasteiger charge is -2.25. The van der Waals surface area contributed by atoms with Crippen LogP contribution in [0.1, 0.15) is 30.0 Å². The molecule has 9 heteroatoms. The fraction of sp³-hybridized carbons (Fsp3) is 0.318. The zero-order chi connectivity index (χ0) is 21.7. The molecule has 2 aromatic carbocycles. The van der Waals surface area contributed by atoms with Crippen LogP contribution in [0.5, 0.6) is 11.5 Å². The number of ether oxygens (including phenoxy) is 2. The molecule has 0 spiro atoms. The van der Waals surface area contributed by atoms with Crippen molar-refractivity contribution < 1.29 is 22.3 Å². The summed E-state index contributed by atoms with van der Waals surface area (Å²) in [7, 11) is -3.44. The Bertz CT molecular complexity index is 1090. The second kappa shape index (κ2) is 9.76. The average molecular weight is 463 g/mol. The molecular weight excluding hydrogens is 439 g/mol. The minimum absolute atomic E-state index is 0.269. The van der Waals surface area contributed by atoms with E-state index in [0.717, 1.165) is 30.0 Å². The first-order chi connectivity index (χ1) is 15.0. The zero-order valence-electron chi connectivity index (χ0n) is 16.9. The average Bonchev–Trinajstić information content (AvgIpc) is 3.26. The van der Waals surface area contributed by atoms with Gasteiger partial charge < -0.3 is 9.47 Å². The number of benzene rings is 2. The van der Waals surface area contributed by atoms with E-state index in [1.807, 2.05) is 5.38 Å². The second-order valence-corrected chi connectivity index (χ2v) is 10.1. The van der Waals surface area contributed by atoms with Gasteiger partial charge in [-0.05, 0) is 61.4 Å². The van der Waals surface area contributed by atoms with Crippen LogP contribution in [0.4, 0.5) is 4.39 Å². The summed E-state index contributed by atoms with van der Waals surface area (Å²) in [6, 6.07) is 12.3. The Labute approximate surface area is 185 Å². The van der Waals surface area contributed by atoms with E-state index in [1.54, 1.807) is 40.7 Å². The maximum atomic E-state index is 12.9. The molecule has 1 aliphatic heterocycles. The van der Waals surface area contributed by atoms with E-state index in [4.69, 9.17) is 9.47 Å². The lowest BCUT2D eigenvalue weighted by Crippen LogP contribution is -2.35. The van der Waals surface area contributed by atoms with Crippen molar-refractivity contribution in [3.8, 4) is 11.5 Å². The summed E-state index contributed by atoms with van der Waals surface area (Å²) in [4.78, 5) is 4.76. The molecule has 3 aromatic rings. The number of nitrogens with zero attached hydrogens (tertiary/aromatic N) is 2. The quantitative estimate of drug-likeness (QED) is 0.489. The summed E-state index contributed by atoms with van der Waals surface area (Å²) in [5.41, 5.74) is 0.757. The summed E-state index contributed by atoms with van der Waals surface area (Å²) in [6.45, 7) is 1.72. The van der Waals surface area contributed by atoms with E-state index >= 15 is 0 Å². The minimum atomic E-state index is -3.44. The van der Waals surface area contributed by atoms with Crippen LogP contribution in [0.2, 0.25) is 0 Å². The molecule has 1 aliphatic rings. The van der Waals surface area contributed by atoms with Crippen LogP contribution in [0.3, 0.4) is 0 Å². The van der Waals surface area contributed by atoms with Gasteiger partial charge in [-0.15, -0.1) is 11.3 Å². The van der Waals surface area contributed by atoms with Crippen LogP contribution >= 0.6 is 11.3 Å². The van der Waals surface area contributed by atoms with Gasteiger partial charge in [0, 0.05) is 18.5 Å². The van der Waals surface area contributed by atoms with Crippen molar-refractivity contribution in [2.75, 3.05) is 13.1 Å². The molecule has 0 saturated carbocycles. The molecule has 6 nitrogen and oxygen atoms in total. The number of hydrogen-bond acceptors (Lipinski definition) is 6. The van der Waals surface area contributed by atoms with Crippen LogP contribution in [-0.4, -0.2) is 30.8 Å². The normalized spacial score (nSPS) is 15.0. The maximum Gasteiger partial charge on any atom is 0.243 e. The molecule has 164 valence electrons. The highest BCUT2D eigenvalue weighted by molar-refractivity contribution is 7.89. The number of piperidine rings is 1. The number of hydrogen-bond donors (Lipinski definition) is 0. The van der Waals surface area contributed by atoms with Crippen molar-refractivity contribution >= 4 is 21.4 Å². The second-order valence-electron chi connectivity index (χ2n) is 7.20. The van der Waals surface area contributed by atoms with E-state index in [-0.39, 0.29) is 17.3 Å². The van der Waals surface area contributed by atoms with Gasteiger partial charge in [-0.1, -0.05) is 6.42 Å². The Hall–Kier alpha value is -2.49. The van der Waals surface area contributed by atoms with Gasteiger partial charge in [0.05, 0.1) is 10.6 Å². The van der Waals surface area contributed by atoms with Crippen LogP contribution in [0.25, 0.3) is 0 Å². The number of halogens is 1. The SMILES string of the molecule is O=S(=O)(c1ccc(OCc2csc(COc3ccc(F)cc3)n2)cc1)N1CCCCC1. The van der Waals surface area contributed by atoms with Crippen molar-refractivity contribution in [3.05, 3.63) is 70.4 Å². The first-order valence-electron chi connectivity index (χ1n) is 10.1. The van der Waals surface area contributed by atoms with Gasteiger partial charge in [-0.2, -0.15) is 4.31 Å². The Kier molecular flexibility index (Phi) is 6.84. The summed E-state index contributed by atoms with van der Waals surface area (Å²) in [5.74, 6) is 0.849. The summed E-state index contributed by atoms with van der Waals surface area (Å²) >= 11 is 1.45. The predicted molar refractivity (Wildman–Crippen MR) is 116 cm³/mol. The Morgan fingerprint density at radius 2 is 1.52 bits per heavy atom. The molecule has 1 fully saturated rings. The molecule has 0 amide bonds. The third kappa shape index (κ3) is 5.61. The van der Waals surface area contributed by atoms with Gasteiger partial charge in [0.1, 0.15) is 35.5 Å². The third-order valence-electron chi connectivity index (χ3n) is 4.94. The Balaban J connectivity index is 1.30. The van der Waals surface area contributed by atoms with E-state index in [9.17, 15) is 12.8 Å². The van der Waals surface area contributed by atoms with Gasteiger partial charge in [0.2, 0.25) is 10.0 Å². The highest BCUT2D eigenvalue weighted by Crippen LogP contribution is 2.23. The molecule has 0 N–H and O–H groups in total. The lowest BCUT2D eigenvalue weighted by molar-refractivity contribution is 0.294.